The number of benzene rings is 1. The van der Waals surface area contributed by atoms with Crippen molar-refractivity contribution in [3.8, 4) is 39.8 Å². The maximum atomic E-state index is 13.8. The molecule has 0 saturated heterocycles. The predicted molar refractivity (Wildman–Crippen MR) is 179 cm³/mol. The van der Waals surface area contributed by atoms with Crippen LogP contribution < -0.4 is 35.6 Å². The first-order chi connectivity index (χ1) is 22.1. The van der Waals surface area contributed by atoms with Crippen LogP contribution in [0.15, 0.2) is 58.8 Å². The molecule has 1 aliphatic carbocycles. The van der Waals surface area contributed by atoms with Gasteiger partial charge in [-0.2, -0.15) is 0 Å². The van der Waals surface area contributed by atoms with Crippen molar-refractivity contribution >= 4 is 34.0 Å². The number of amides is 2. The van der Waals surface area contributed by atoms with E-state index in [1.807, 2.05) is 49.6 Å². The number of thiazole rings is 1. The molecule has 240 valence electrons. The predicted octanol–water partition coefficient (Wildman–Crippen LogP) is 5.46. The molecular formula is C34H37N5O6S. The standard InChI is InChI=1S/C34H37N5O6S/c1-18(2)30(33(42)39-34-38-26(17-46-34)24-9-7-8-14-35-24)37-25-13-11-21-22(16-27(25)41)23(36-19(3)40)12-10-20-15-28(43-4)31(44-5)32(45-6)29(20)21/h7-9,11,13-18,23,30H,10,12H2,1-6H3,(H,36,40)(H,37,41)(H,38,39,42). The van der Waals surface area contributed by atoms with Crippen LogP contribution in [-0.4, -0.2) is 49.2 Å². The van der Waals surface area contributed by atoms with Crippen LogP contribution in [0, 0.1) is 5.92 Å². The molecule has 0 aliphatic heterocycles. The largest absolute Gasteiger partial charge is 0.493 e. The minimum absolute atomic E-state index is 0.178. The van der Waals surface area contributed by atoms with E-state index in [1.165, 1.54) is 31.4 Å². The van der Waals surface area contributed by atoms with Crippen LogP contribution in [0.4, 0.5) is 10.8 Å². The van der Waals surface area contributed by atoms with Crippen molar-refractivity contribution in [2.24, 2.45) is 5.92 Å². The Morgan fingerprint density at radius 2 is 1.78 bits per heavy atom. The van der Waals surface area contributed by atoms with E-state index in [2.05, 4.69) is 25.9 Å². The number of ether oxygens (including phenoxy) is 3. The number of carbonyl (C=O) groups excluding carboxylic acids is 2. The van der Waals surface area contributed by atoms with E-state index in [-0.39, 0.29) is 28.8 Å². The Labute approximate surface area is 271 Å². The Morgan fingerprint density at radius 3 is 2.43 bits per heavy atom. The molecule has 0 saturated carbocycles. The molecule has 2 unspecified atom stereocenters. The molecule has 12 heteroatoms. The number of fused-ring (bicyclic) bond motifs is 3. The number of hydrogen-bond donors (Lipinski definition) is 3. The number of nitrogens with one attached hydrogen (secondary N) is 3. The molecule has 2 heterocycles. The van der Waals surface area contributed by atoms with E-state index >= 15 is 0 Å². The van der Waals surface area contributed by atoms with Crippen LogP contribution in [0.2, 0.25) is 0 Å². The van der Waals surface area contributed by atoms with E-state index in [0.717, 1.165) is 11.1 Å². The molecule has 2 atom stereocenters. The van der Waals surface area contributed by atoms with Crippen molar-refractivity contribution in [2.75, 3.05) is 32.0 Å². The lowest BCUT2D eigenvalue weighted by atomic mass is 9.95. The van der Waals surface area contributed by atoms with Gasteiger partial charge in [-0.05, 0) is 65.8 Å². The number of methoxy groups -OCH3 is 3. The maximum Gasteiger partial charge on any atom is 0.248 e. The lowest BCUT2D eigenvalue weighted by Gasteiger charge is -2.21. The zero-order valence-electron chi connectivity index (χ0n) is 26.6. The number of anilines is 2. The van der Waals surface area contributed by atoms with E-state index in [4.69, 9.17) is 14.2 Å². The van der Waals surface area contributed by atoms with E-state index in [0.29, 0.717) is 57.7 Å². The third kappa shape index (κ3) is 6.66. The lowest BCUT2D eigenvalue weighted by Crippen LogP contribution is -2.39. The highest BCUT2D eigenvalue weighted by atomic mass is 32.1. The Kier molecular flexibility index (Phi) is 9.86. The van der Waals surface area contributed by atoms with Crippen molar-refractivity contribution in [1.82, 2.24) is 15.3 Å². The second-order valence-corrected chi connectivity index (χ2v) is 12.1. The summed E-state index contributed by atoms with van der Waals surface area (Å²) in [5.74, 6) is 0.675. The minimum Gasteiger partial charge on any atom is -0.493 e. The van der Waals surface area contributed by atoms with Gasteiger partial charge in [0, 0.05) is 24.1 Å². The topological polar surface area (TPSA) is 141 Å². The maximum absolute atomic E-state index is 13.8. The van der Waals surface area contributed by atoms with Gasteiger partial charge >= 0.3 is 0 Å². The first kappa shape index (κ1) is 32.4. The highest BCUT2D eigenvalue weighted by Gasteiger charge is 2.30. The fourth-order valence-electron chi connectivity index (χ4n) is 5.68. The van der Waals surface area contributed by atoms with Gasteiger partial charge in [0.2, 0.25) is 23.0 Å². The number of rotatable bonds is 10. The van der Waals surface area contributed by atoms with Gasteiger partial charge in [-0.3, -0.25) is 19.4 Å². The highest BCUT2D eigenvalue weighted by molar-refractivity contribution is 7.14. The second-order valence-electron chi connectivity index (χ2n) is 11.2. The van der Waals surface area contributed by atoms with Crippen LogP contribution in [-0.2, 0) is 16.0 Å². The van der Waals surface area contributed by atoms with Gasteiger partial charge in [-0.15, -0.1) is 11.3 Å². The van der Waals surface area contributed by atoms with Crippen molar-refractivity contribution in [1.29, 1.82) is 0 Å². The summed E-state index contributed by atoms with van der Waals surface area (Å²) >= 11 is 1.30. The van der Waals surface area contributed by atoms with Crippen molar-refractivity contribution in [3.05, 3.63) is 75.4 Å². The molecule has 5 rings (SSSR count). The molecule has 0 bridgehead atoms. The average Bonchev–Trinajstić information content (AvgIpc) is 3.38. The highest BCUT2D eigenvalue weighted by Crippen LogP contribution is 2.50. The smallest absolute Gasteiger partial charge is 0.248 e. The zero-order valence-corrected chi connectivity index (χ0v) is 27.4. The summed E-state index contributed by atoms with van der Waals surface area (Å²) in [6.45, 7) is 5.25. The fourth-order valence-corrected chi connectivity index (χ4v) is 6.38. The summed E-state index contributed by atoms with van der Waals surface area (Å²) in [5, 5.41) is 11.4. The van der Waals surface area contributed by atoms with Gasteiger partial charge in [0.25, 0.3) is 0 Å². The normalized spacial score (nSPS) is 14.3. The Hall–Kier alpha value is -4.97. The fraction of sp³-hybridized carbons (Fsp3) is 0.324. The third-order valence-corrected chi connectivity index (χ3v) is 8.60. The summed E-state index contributed by atoms with van der Waals surface area (Å²) in [5.41, 5.74) is 4.27. The summed E-state index contributed by atoms with van der Waals surface area (Å²) in [6, 6.07) is 11.3. The van der Waals surface area contributed by atoms with Gasteiger partial charge < -0.3 is 30.2 Å². The molecule has 46 heavy (non-hydrogen) atoms. The van der Waals surface area contributed by atoms with Gasteiger partial charge in [-0.25, -0.2) is 4.98 Å². The number of pyridine rings is 1. The summed E-state index contributed by atoms with van der Waals surface area (Å²) in [6.07, 6.45) is 2.81. The number of carbonyl (C=O) groups is 2. The number of nitrogens with zero attached hydrogens (tertiary/aromatic N) is 2. The Bertz CT molecular complexity index is 1810. The minimum atomic E-state index is -0.755. The molecule has 3 N–H and O–H groups in total. The van der Waals surface area contributed by atoms with Crippen molar-refractivity contribution in [2.45, 2.75) is 45.7 Å². The van der Waals surface area contributed by atoms with E-state index in [9.17, 15) is 14.4 Å². The quantitative estimate of drug-likeness (QED) is 0.206. The number of hydrogen-bond acceptors (Lipinski definition) is 10. The number of aryl methyl sites for hydroxylation is 1. The van der Waals surface area contributed by atoms with E-state index in [1.54, 1.807) is 26.5 Å². The summed E-state index contributed by atoms with van der Waals surface area (Å²) < 4.78 is 17.1. The lowest BCUT2D eigenvalue weighted by molar-refractivity contribution is -0.120. The molecular weight excluding hydrogens is 606 g/mol. The molecule has 2 aromatic heterocycles. The van der Waals surface area contributed by atoms with E-state index < -0.39 is 12.1 Å². The van der Waals surface area contributed by atoms with Crippen molar-refractivity contribution in [3.63, 3.8) is 0 Å². The Balaban J connectivity index is 1.54. The van der Waals surface area contributed by atoms with Gasteiger partial charge in [0.15, 0.2) is 16.6 Å². The van der Waals surface area contributed by atoms with Crippen LogP contribution in [0.25, 0.3) is 22.5 Å². The molecule has 2 amide bonds. The van der Waals surface area contributed by atoms with Crippen LogP contribution >= 0.6 is 11.3 Å². The van der Waals surface area contributed by atoms with Crippen LogP contribution in [0.1, 0.15) is 44.4 Å². The van der Waals surface area contributed by atoms with Gasteiger partial charge in [0.05, 0.1) is 38.8 Å². The molecule has 0 radical (unpaired) electrons. The van der Waals surface area contributed by atoms with Crippen LogP contribution in [0.3, 0.4) is 0 Å². The molecule has 0 fully saturated rings. The first-order valence-electron chi connectivity index (χ1n) is 14.9. The first-order valence-corrected chi connectivity index (χ1v) is 15.7. The molecule has 4 aromatic rings. The second kappa shape index (κ2) is 14.0. The SMILES string of the molecule is COc1cc2c(c(OC)c1OC)-c1ccc(NC(C(=O)Nc3nc(-c4ccccn4)cs3)C(C)C)c(=O)cc1C(NC(C)=O)CC2. The summed E-state index contributed by atoms with van der Waals surface area (Å²) in [4.78, 5) is 48.5. The molecule has 2 aromatic carbocycles. The average molecular weight is 644 g/mol. The van der Waals surface area contributed by atoms with Gasteiger partial charge in [-0.1, -0.05) is 26.0 Å². The Morgan fingerprint density at radius 1 is 1.00 bits per heavy atom. The molecule has 11 nitrogen and oxygen atoms in total. The number of aromatic nitrogens is 2. The molecule has 0 spiro atoms. The zero-order chi connectivity index (χ0) is 33.0. The monoisotopic (exact) mass is 643 g/mol. The van der Waals surface area contributed by atoms with Crippen LogP contribution in [0.5, 0.6) is 17.2 Å². The van der Waals surface area contributed by atoms with Gasteiger partial charge in [0.1, 0.15) is 11.7 Å². The van der Waals surface area contributed by atoms with Crippen molar-refractivity contribution < 1.29 is 23.8 Å². The third-order valence-electron chi connectivity index (χ3n) is 7.84. The molecule has 1 aliphatic rings. The summed E-state index contributed by atoms with van der Waals surface area (Å²) in [7, 11) is 4.65.